The molecule has 1 heterocycles. The quantitative estimate of drug-likeness (QED) is 0.838. The number of aliphatic hydroxyl groups excluding tert-OH is 1. The zero-order valence-electron chi connectivity index (χ0n) is 14.9. The Balaban J connectivity index is 1.58. The van der Waals surface area contributed by atoms with Crippen LogP contribution in [0.4, 0.5) is 5.69 Å². The summed E-state index contributed by atoms with van der Waals surface area (Å²) in [6, 6.07) is 17.3. The van der Waals surface area contributed by atoms with E-state index in [-0.39, 0.29) is 36.7 Å². The number of carbonyl (C=O) groups is 2. The van der Waals surface area contributed by atoms with Gasteiger partial charge >= 0.3 is 0 Å². The molecule has 0 spiro atoms. The van der Waals surface area contributed by atoms with Gasteiger partial charge in [-0.15, -0.1) is 0 Å². The fourth-order valence-corrected chi connectivity index (χ4v) is 3.24. The second-order valence-corrected chi connectivity index (χ2v) is 6.78. The molecular formula is C21H24N2O3. The standard InChI is InChI=1S/C21H24N2O3/c1-15-7-9-19(10-8-15)23-13-17(11-20(23)25)21(26)22-12-18(14-24)16-5-3-2-4-6-16/h2-10,17-18,24H,11-14H2,1H3,(H,22,26)/t17-,18+/m1/s1. The fraction of sp³-hybridized carbons (Fsp3) is 0.333. The number of anilines is 1. The van der Waals surface area contributed by atoms with Crippen molar-refractivity contribution in [1.82, 2.24) is 5.32 Å². The summed E-state index contributed by atoms with van der Waals surface area (Å²) in [6.45, 7) is 2.71. The zero-order valence-corrected chi connectivity index (χ0v) is 14.9. The van der Waals surface area contributed by atoms with Gasteiger partial charge in [-0.2, -0.15) is 0 Å². The van der Waals surface area contributed by atoms with E-state index in [2.05, 4.69) is 5.32 Å². The van der Waals surface area contributed by atoms with Crippen LogP contribution in [0.3, 0.4) is 0 Å². The maximum absolute atomic E-state index is 12.5. The Morgan fingerprint density at radius 3 is 2.54 bits per heavy atom. The smallest absolute Gasteiger partial charge is 0.227 e. The van der Waals surface area contributed by atoms with Gasteiger partial charge in [0.2, 0.25) is 11.8 Å². The zero-order chi connectivity index (χ0) is 18.5. The maximum Gasteiger partial charge on any atom is 0.227 e. The van der Waals surface area contributed by atoms with E-state index in [0.717, 1.165) is 16.8 Å². The third-order valence-corrected chi connectivity index (χ3v) is 4.86. The van der Waals surface area contributed by atoms with E-state index in [4.69, 9.17) is 0 Å². The van der Waals surface area contributed by atoms with Crippen molar-refractivity contribution < 1.29 is 14.7 Å². The van der Waals surface area contributed by atoms with Crippen LogP contribution in [0.25, 0.3) is 0 Å². The van der Waals surface area contributed by atoms with Gasteiger partial charge in [0.1, 0.15) is 0 Å². The Morgan fingerprint density at radius 1 is 1.19 bits per heavy atom. The lowest BCUT2D eigenvalue weighted by molar-refractivity contribution is -0.126. The van der Waals surface area contributed by atoms with Gasteiger partial charge in [-0.05, 0) is 24.6 Å². The number of nitrogens with zero attached hydrogens (tertiary/aromatic N) is 1. The number of hydrogen-bond donors (Lipinski definition) is 2. The van der Waals surface area contributed by atoms with Crippen LogP contribution in [0.2, 0.25) is 0 Å². The molecule has 0 radical (unpaired) electrons. The molecule has 0 bridgehead atoms. The predicted octanol–water partition coefficient (Wildman–Crippen LogP) is 2.24. The summed E-state index contributed by atoms with van der Waals surface area (Å²) in [4.78, 5) is 26.5. The molecule has 0 aromatic heterocycles. The second kappa shape index (κ2) is 8.15. The first-order valence-electron chi connectivity index (χ1n) is 8.89. The molecule has 26 heavy (non-hydrogen) atoms. The van der Waals surface area contributed by atoms with Crippen LogP contribution < -0.4 is 10.2 Å². The molecular weight excluding hydrogens is 328 g/mol. The van der Waals surface area contributed by atoms with Crippen LogP contribution in [0, 0.1) is 12.8 Å². The lowest BCUT2D eigenvalue weighted by atomic mass is 9.99. The van der Waals surface area contributed by atoms with Gasteiger partial charge in [-0.3, -0.25) is 9.59 Å². The summed E-state index contributed by atoms with van der Waals surface area (Å²) in [7, 11) is 0. The number of aryl methyl sites for hydroxylation is 1. The molecule has 3 rings (SSSR count). The Bertz CT molecular complexity index is 759. The molecule has 2 aromatic carbocycles. The van der Waals surface area contributed by atoms with Crippen LogP contribution in [-0.2, 0) is 9.59 Å². The minimum Gasteiger partial charge on any atom is -0.396 e. The van der Waals surface area contributed by atoms with Gasteiger partial charge in [-0.25, -0.2) is 0 Å². The molecule has 2 N–H and O–H groups in total. The molecule has 136 valence electrons. The summed E-state index contributed by atoms with van der Waals surface area (Å²) in [5.74, 6) is -0.678. The summed E-state index contributed by atoms with van der Waals surface area (Å²) in [5.41, 5.74) is 2.94. The third-order valence-electron chi connectivity index (χ3n) is 4.86. The van der Waals surface area contributed by atoms with E-state index >= 15 is 0 Å². The average Bonchev–Trinajstić information content (AvgIpc) is 3.05. The molecule has 2 aromatic rings. The number of hydrogen-bond acceptors (Lipinski definition) is 3. The highest BCUT2D eigenvalue weighted by Gasteiger charge is 2.35. The Morgan fingerprint density at radius 2 is 1.88 bits per heavy atom. The summed E-state index contributed by atoms with van der Waals surface area (Å²) < 4.78 is 0. The number of aliphatic hydroxyl groups is 1. The lowest BCUT2D eigenvalue weighted by Gasteiger charge is -2.18. The Hall–Kier alpha value is -2.66. The van der Waals surface area contributed by atoms with Gasteiger partial charge in [0, 0.05) is 31.1 Å². The molecule has 1 aliphatic rings. The van der Waals surface area contributed by atoms with E-state index in [1.807, 2.05) is 61.5 Å². The van der Waals surface area contributed by atoms with Crippen LogP contribution in [-0.4, -0.2) is 36.6 Å². The highest BCUT2D eigenvalue weighted by Crippen LogP contribution is 2.25. The molecule has 1 aliphatic heterocycles. The summed E-state index contributed by atoms with van der Waals surface area (Å²) in [6.07, 6.45) is 0.217. The molecule has 1 fully saturated rings. The fourth-order valence-electron chi connectivity index (χ4n) is 3.24. The average molecular weight is 352 g/mol. The van der Waals surface area contributed by atoms with Gasteiger partial charge in [0.05, 0.1) is 12.5 Å². The highest BCUT2D eigenvalue weighted by atomic mass is 16.3. The van der Waals surface area contributed by atoms with E-state index < -0.39 is 0 Å². The number of rotatable bonds is 6. The summed E-state index contributed by atoms with van der Waals surface area (Å²) >= 11 is 0. The molecule has 5 nitrogen and oxygen atoms in total. The number of nitrogens with one attached hydrogen (secondary N) is 1. The van der Waals surface area contributed by atoms with Crippen molar-refractivity contribution >= 4 is 17.5 Å². The van der Waals surface area contributed by atoms with Gasteiger partial charge in [0.25, 0.3) is 0 Å². The molecule has 0 saturated carbocycles. The normalized spacial score (nSPS) is 18.0. The maximum atomic E-state index is 12.5. The van der Waals surface area contributed by atoms with Crippen molar-refractivity contribution in [3.8, 4) is 0 Å². The van der Waals surface area contributed by atoms with E-state index in [1.165, 1.54) is 0 Å². The molecule has 0 aliphatic carbocycles. The first kappa shape index (κ1) is 18.1. The van der Waals surface area contributed by atoms with E-state index in [0.29, 0.717) is 13.1 Å². The molecule has 0 unspecified atom stereocenters. The minimum atomic E-state index is -0.362. The number of amides is 2. The van der Waals surface area contributed by atoms with E-state index in [1.54, 1.807) is 4.90 Å². The van der Waals surface area contributed by atoms with Crippen molar-refractivity contribution in [2.45, 2.75) is 19.3 Å². The molecule has 2 amide bonds. The Kier molecular flexibility index (Phi) is 5.68. The van der Waals surface area contributed by atoms with Crippen LogP contribution in [0.15, 0.2) is 54.6 Å². The van der Waals surface area contributed by atoms with Crippen molar-refractivity contribution in [3.05, 3.63) is 65.7 Å². The van der Waals surface area contributed by atoms with Crippen molar-refractivity contribution in [1.29, 1.82) is 0 Å². The summed E-state index contributed by atoms with van der Waals surface area (Å²) in [5, 5.41) is 12.5. The molecule has 2 atom stereocenters. The topological polar surface area (TPSA) is 69.6 Å². The largest absolute Gasteiger partial charge is 0.396 e. The van der Waals surface area contributed by atoms with Crippen molar-refractivity contribution in [3.63, 3.8) is 0 Å². The van der Waals surface area contributed by atoms with Crippen LogP contribution in [0.5, 0.6) is 0 Å². The van der Waals surface area contributed by atoms with Gasteiger partial charge < -0.3 is 15.3 Å². The lowest BCUT2D eigenvalue weighted by Crippen LogP contribution is -2.36. The van der Waals surface area contributed by atoms with Crippen LogP contribution in [0.1, 0.15) is 23.5 Å². The molecule has 1 saturated heterocycles. The van der Waals surface area contributed by atoms with Gasteiger partial charge in [-0.1, -0.05) is 48.0 Å². The second-order valence-electron chi connectivity index (χ2n) is 6.78. The predicted molar refractivity (Wildman–Crippen MR) is 101 cm³/mol. The molecule has 5 heteroatoms. The van der Waals surface area contributed by atoms with Crippen molar-refractivity contribution in [2.24, 2.45) is 5.92 Å². The van der Waals surface area contributed by atoms with Gasteiger partial charge in [0.15, 0.2) is 0 Å². The number of carbonyl (C=O) groups excluding carboxylic acids is 2. The monoisotopic (exact) mass is 352 g/mol. The van der Waals surface area contributed by atoms with E-state index in [9.17, 15) is 14.7 Å². The SMILES string of the molecule is Cc1ccc(N2C[C@H](C(=O)NC[C@@H](CO)c3ccccc3)CC2=O)cc1. The van der Waals surface area contributed by atoms with Crippen molar-refractivity contribution in [2.75, 3.05) is 24.6 Å². The Labute approximate surface area is 153 Å². The highest BCUT2D eigenvalue weighted by molar-refractivity contribution is 6.00. The first-order valence-corrected chi connectivity index (χ1v) is 8.89. The van der Waals surface area contributed by atoms with Crippen LogP contribution >= 0.6 is 0 Å². The third kappa shape index (κ3) is 4.11. The minimum absolute atomic E-state index is 0.0317. The number of benzene rings is 2. The first-order chi connectivity index (χ1) is 12.6.